The maximum Gasteiger partial charge on any atom is 0.106 e. The first-order valence-electron chi connectivity index (χ1n) is 5.60. The van der Waals surface area contributed by atoms with Crippen LogP contribution in [0.25, 0.3) is 0 Å². The van der Waals surface area contributed by atoms with Crippen LogP contribution in [0.15, 0.2) is 22.7 Å². The van der Waals surface area contributed by atoms with Gasteiger partial charge in [-0.1, -0.05) is 28.1 Å². The second kappa shape index (κ2) is 5.33. The van der Waals surface area contributed by atoms with Crippen molar-refractivity contribution in [1.29, 1.82) is 0 Å². The van der Waals surface area contributed by atoms with E-state index in [4.69, 9.17) is 18.0 Å². The lowest BCUT2D eigenvalue weighted by Crippen LogP contribution is -2.25. The highest BCUT2D eigenvalue weighted by Gasteiger charge is 2.20. The van der Waals surface area contributed by atoms with Crippen molar-refractivity contribution in [3.05, 3.63) is 28.2 Å². The van der Waals surface area contributed by atoms with E-state index < -0.39 is 0 Å². The molecule has 0 radical (unpaired) electrons. The number of thiocarbonyl (C=S) groups is 1. The number of likely N-dealkylation sites (N-methyl/N-ethyl adjacent to an activating group) is 1. The van der Waals surface area contributed by atoms with Gasteiger partial charge in [-0.15, -0.1) is 0 Å². The quantitative estimate of drug-likeness (QED) is 0.839. The maximum atomic E-state index is 5.73. The second-order valence-electron chi connectivity index (χ2n) is 4.45. The van der Waals surface area contributed by atoms with Crippen molar-refractivity contribution < 1.29 is 0 Å². The molecule has 3 N–H and O–H groups in total. The molecular formula is C12H16BrN3S. The summed E-state index contributed by atoms with van der Waals surface area (Å²) in [7, 11) is 2.14. The summed E-state index contributed by atoms with van der Waals surface area (Å²) in [4.78, 5) is 2.75. The molecule has 0 aliphatic carbocycles. The predicted molar refractivity (Wildman–Crippen MR) is 79.6 cm³/mol. The van der Waals surface area contributed by atoms with Gasteiger partial charge in [0.2, 0.25) is 0 Å². The van der Waals surface area contributed by atoms with E-state index in [2.05, 4.69) is 33.2 Å². The van der Waals surface area contributed by atoms with Gasteiger partial charge in [0, 0.05) is 28.3 Å². The number of nitrogens with two attached hydrogens (primary N) is 1. The summed E-state index contributed by atoms with van der Waals surface area (Å²) in [5, 5.41) is 3.52. The van der Waals surface area contributed by atoms with Gasteiger partial charge in [-0.25, -0.2) is 0 Å². The Kier molecular flexibility index (Phi) is 4.01. The zero-order valence-electron chi connectivity index (χ0n) is 9.74. The summed E-state index contributed by atoms with van der Waals surface area (Å²) in [5.41, 5.74) is 7.67. The van der Waals surface area contributed by atoms with Crippen LogP contribution in [-0.4, -0.2) is 36.1 Å². The number of halogens is 1. The number of nitrogens with one attached hydrogen (secondary N) is 1. The monoisotopic (exact) mass is 313 g/mol. The molecule has 1 aliphatic rings. The topological polar surface area (TPSA) is 41.3 Å². The Hall–Kier alpha value is -0.650. The maximum absolute atomic E-state index is 5.73. The van der Waals surface area contributed by atoms with Gasteiger partial charge < -0.3 is 16.0 Å². The molecule has 0 saturated carbocycles. The van der Waals surface area contributed by atoms with E-state index in [1.807, 2.05) is 18.2 Å². The first-order valence-corrected chi connectivity index (χ1v) is 6.81. The second-order valence-corrected chi connectivity index (χ2v) is 5.80. The zero-order valence-corrected chi connectivity index (χ0v) is 12.1. The van der Waals surface area contributed by atoms with E-state index in [1.165, 1.54) is 0 Å². The average Bonchev–Trinajstić information content (AvgIpc) is 2.63. The molecule has 1 aliphatic heterocycles. The number of rotatable bonds is 3. The highest BCUT2D eigenvalue weighted by molar-refractivity contribution is 9.10. The molecule has 1 heterocycles. The highest BCUT2D eigenvalue weighted by Crippen LogP contribution is 2.24. The molecule has 1 saturated heterocycles. The van der Waals surface area contributed by atoms with E-state index in [9.17, 15) is 0 Å². The Balaban J connectivity index is 2.19. The standard InChI is InChI=1S/C12H16BrN3S/c1-16-5-4-9(7-16)15-11-6-8(13)2-3-10(11)12(14)17/h2-3,6,9,15H,4-5,7H2,1H3,(H2,14,17). The van der Waals surface area contributed by atoms with Crippen molar-refractivity contribution in [3.63, 3.8) is 0 Å². The van der Waals surface area contributed by atoms with Crippen molar-refractivity contribution in [3.8, 4) is 0 Å². The predicted octanol–water partition coefficient (Wildman–Crippen LogP) is 2.20. The Morgan fingerprint density at radius 2 is 2.35 bits per heavy atom. The summed E-state index contributed by atoms with van der Waals surface area (Å²) in [6.45, 7) is 2.19. The third-order valence-electron chi connectivity index (χ3n) is 3.00. The summed E-state index contributed by atoms with van der Waals surface area (Å²) >= 11 is 8.54. The minimum Gasteiger partial charge on any atom is -0.389 e. The molecule has 1 aromatic carbocycles. The van der Waals surface area contributed by atoms with Crippen molar-refractivity contribution in [2.24, 2.45) is 5.73 Å². The number of anilines is 1. The van der Waals surface area contributed by atoms with Gasteiger partial charge >= 0.3 is 0 Å². The van der Waals surface area contributed by atoms with E-state index in [1.54, 1.807) is 0 Å². The van der Waals surface area contributed by atoms with Gasteiger partial charge in [-0.2, -0.15) is 0 Å². The fourth-order valence-corrected chi connectivity index (χ4v) is 2.66. The van der Waals surface area contributed by atoms with Crippen molar-refractivity contribution >= 4 is 38.8 Å². The Labute approximate surface area is 115 Å². The van der Waals surface area contributed by atoms with Gasteiger partial charge in [-0.05, 0) is 38.2 Å². The molecule has 0 spiro atoms. The van der Waals surface area contributed by atoms with Crippen LogP contribution in [-0.2, 0) is 0 Å². The highest BCUT2D eigenvalue weighted by atomic mass is 79.9. The van der Waals surface area contributed by atoms with Crippen LogP contribution in [0.5, 0.6) is 0 Å². The van der Waals surface area contributed by atoms with Gasteiger partial charge in [-0.3, -0.25) is 0 Å². The lowest BCUT2D eigenvalue weighted by molar-refractivity contribution is 0.414. The summed E-state index contributed by atoms with van der Waals surface area (Å²) in [6, 6.07) is 6.42. The Morgan fingerprint density at radius 1 is 1.59 bits per heavy atom. The Morgan fingerprint density at radius 3 is 2.94 bits per heavy atom. The fraction of sp³-hybridized carbons (Fsp3) is 0.417. The van der Waals surface area contributed by atoms with Crippen molar-refractivity contribution in [2.45, 2.75) is 12.5 Å². The summed E-state index contributed by atoms with van der Waals surface area (Å²) in [6.07, 6.45) is 1.15. The van der Waals surface area contributed by atoms with E-state index >= 15 is 0 Å². The minimum absolute atomic E-state index is 0.436. The largest absolute Gasteiger partial charge is 0.389 e. The SMILES string of the molecule is CN1CCC(Nc2cc(Br)ccc2C(N)=S)C1. The van der Waals surface area contributed by atoms with Crippen LogP contribution >= 0.6 is 28.1 Å². The molecule has 17 heavy (non-hydrogen) atoms. The fourth-order valence-electron chi connectivity index (χ4n) is 2.12. The molecule has 0 amide bonds. The number of hydrogen-bond acceptors (Lipinski definition) is 3. The number of nitrogens with zero attached hydrogens (tertiary/aromatic N) is 1. The number of hydrogen-bond donors (Lipinski definition) is 2. The molecule has 1 aromatic rings. The van der Waals surface area contributed by atoms with Crippen molar-refractivity contribution in [2.75, 3.05) is 25.5 Å². The van der Waals surface area contributed by atoms with Crippen molar-refractivity contribution in [1.82, 2.24) is 4.90 Å². The minimum atomic E-state index is 0.436. The van der Waals surface area contributed by atoms with Crippen LogP contribution in [0.3, 0.4) is 0 Å². The van der Waals surface area contributed by atoms with Gasteiger partial charge in [0.15, 0.2) is 0 Å². The third-order valence-corrected chi connectivity index (χ3v) is 3.71. The summed E-state index contributed by atoms with van der Waals surface area (Å²) in [5.74, 6) is 0. The number of likely N-dealkylation sites (tertiary alicyclic amines) is 1. The van der Waals surface area contributed by atoms with E-state index in [0.29, 0.717) is 11.0 Å². The molecule has 0 aromatic heterocycles. The smallest absolute Gasteiger partial charge is 0.106 e. The van der Waals surface area contributed by atoms with E-state index in [-0.39, 0.29) is 0 Å². The molecule has 5 heteroatoms. The van der Waals surface area contributed by atoms with Gasteiger partial charge in [0.05, 0.1) is 0 Å². The molecule has 1 atom stereocenters. The van der Waals surface area contributed by atoms with Crippen LogP contribution < -0.4 is 11.1 Å². The Bertz CT molecular complexity index is 436. The molecule has 92 valence electrons. The first kappa shape index (κ1) is 12.8. The average molecular weight is 314 g/mol. The van der Waals surface area contributed by atoms with Gasteiger partial charge in [0.25, 0.3) is 0 Å². The van der Waals surface area contributed by atoms with Crippen LogP contribution in [0.1, 0.15) is 12.0 Å². The molecule has 2 rings (SSSR count). The first-order chi connectivity index (χ1) is 8.06. The molecule has 1 fully saturated rings. The molecule has 3 nitrogen and oxygen atoms in total. The molecular weight excluding hydrogens is 298 g/mol. The lowest BCUT2D eigenvalue weighted by Gasteiger charge is -2.17. The number of benzene rings is 1. The molecule has 1 unspecified atom stereocenters. The lowest BCUT2D eigenvalue weighted by atomic mass is 10.1. The van der Waals surface area contributed by atoms with Crippen LogP contribution in [0.4, 0.5) is 5.69 Å². The van der Waals surface area contributed by atoms with E-state index in [0.717, 1.165) is 35.2 Å². The normalized spacial score (nSPS) is 20.5. The zero-order chi connectivity index (χ0) is 12.4. The van der Waals surface area contributed by atoms with Crippen LogP contribution in [0, 0.1) is 0 Å². The van der Waals surface area contributed by atoms with Gasteiger partial charge in [0.1, 0.15) is 4.99 Å². The third kappa shape index (κ3) is 3.18. The van der Waals surface area contributed by atoms with Crippen LogP contribution in [0.2, 0.25) is 0 Å². The summed E-state index contributed by atoms with van der Waals surface area (Å²) < 4.78 is 1.03. The molecule has 0 bridgehead atoms.